The van der Waals surface area contributed by atoms with E-state index >= 15 is 0 Å². The van der Waals surface area contributed by atoms with Gasteiger partial charge in [-0.3, -0.25) is 0 Å². The van der Waals surface area contributed by atoms with Gasteiger partial charge in [-0.1, -0.05) is 0 Å². The van der Waals surface area contributed by atoms with Crippen molar-refractivity contribution >= 4 is 5.95 Å². The number of nitrogens with zero attached hydrogens (tertiary/aromatic N) is 3. The first-order valence-electron chi connectivity index (χ1n) is 4.60. The largest absolute Gasteiger partial charge is 0.342 e. The van der Waals surface area contributed by atoms with Gasteiger partial charge in [-0.2, -0.15) is 0 Å². The molecular formula is C9H15N3. The summed E-state index contributed by atoms with van der Waals surface area (Å²) in [5.41, 5.74) is 0. The minimum atomic E-state index is 1.12. The lowest BCUT2D eigenvalue weighted by Gasteiger charge is -2.27. The van der Waals surface area contributed by atoms with E-state index in [-0.39, 0.29) is 0 Å². The molecule has 1 aromatic heterocycles. The smallest absolute Gasteiger partial charge is 0.205 e. The predicted molar refractivity (Wildman–Crippen MR) is 49.3 cm³/mol. The maximum absolute atomic E-state index is 4.33. The standard InChI is InChI=1S/C9H15N3/c1-11-8-5-10-9(11)12-6-3-2-4-7-12/h5,8H,2-4,6-7H2,1H3. The Kier molecular flexibility index (Phi) is 2.02. The lowest BCUT2D eigenvalue weighted by Crippen LogP contribution is -2.31. The third-order valence-electron chi connectivity index (χ3n) is 2.43. The lowest BCUT2D eigenvalue weighted by atomic mass is 10.1. The fourth-order valence-corrected chi connectivity index (χ4v) is 1.76. The van der Waals surface area contributed by atoms with Gasteiger partial charge in [0, 0.05) is 32.5 Å². The van der Waals surface area contributed by atoms with Gasteiger partial charge in [-0.15, -0.1) is 0 Å². The molecule has 3 nitrogen and oxygen atoms in total. The first-order valence-corrected chi connectivity index (χ1v) is 4.60. The van der Waals surface area contributed by atoms with Crippen molar-refractivity contribution in [2.75, 3.05) is 18.0 Å². The molecular weight excluding hydrogens is 150 g/mol. The average Bonchev–Trinajstić information content (AvgIpc) is 2.53. The van der Waals surface area contributed by atoms with Crippen LogP contribution in [0.3, 0.4) is 0 Å². The Bertz CT molecular complexity index is 248. The minimum Gasteiger partial charge on any atom is -0.342 e. The van der Waals surface area contributed by atoms with E-state index in [1.165, 1.54) is 32.4 Å². The second-order valence-corrected chi connectivity index (χ2v) is 3.39. The molecule has 0 radical (unpaired) electrons. The zero-order chi connectivity index (χ0) is 8.39. The molecule has 0 aromatic carbocycles. The van der Waals surface area contributed by atoms with E-state index in [2.05, 4.69) is 21.5 Å². The third-order valence-corrected chi connectivity index (χ3v) is 2.43. The number of imidazole rings is 1. The van der Waals surface area contributed by atoms with Crippen molar-refractivity contribution in [3.63, 3.8) is 0 Å². The molecule has 66 valence electrons. The number of hydrogen-bond donors (Lipinski definition) is 0. The zero-order valence-electron chi connectivity index (χ0n) is 7.53. The number of piperidine rings is 1. The summed E-state index contributed by atoms with van der Waals surface area (Å²) in [5, 5.41) is 0. The van der Waals surface area contributed by atoms with Crippen LogP contribution in [0.1, 0.15) is 19.3 Å². The van der Waals surface area contributed by atoms with Crippen molar-refractivity contribution < 1.29 is 0 Å². The molecule has 0 unspecified atom stereocenters. The van der Waals surface area contributed by atoms with Gasteiger partial charge >= 0.3 is 0 Å². The molecule has 0 atom stereocenters. The van der Waals surface area contributed by atoms with E-state index in [1.807, 2.05) is 12.4 Å². The highest BCUT2D eigenvalue weighted by atomic mass is 15.3. The van der Waals surface area contributed by atoms with Crippen molar-refractivity contribution in [3.8, 4) is 0 Å². The molecule has 1 aliphatic heterocycles. The molecule has 3 heteroatoms. The van der Waals surface area contributed by atoms with E-state index in [0.717, 1.165) is 5.95 Å². The Morgan fingerprint density at radius 1 is 1.25 bits per heavy atom. The van der Waals surface area contributed by atoms with Crippen LogP contribution in [-0.2, 0) is 7.05 Å². The van der Waals surface area contributed by atoms with Crippen LogP contribution in [0, 0.1) is 0 Å². The van der Waals surface area contributed by atoms with Crippen LogP contribution in [0.5, 0.6) is 0 Å². The van der Waals surface area contributed by atoms with E-state index in [1.54, 1.807) is 0 Å². The number of aromatic nitrogens is 2. The van der Waals surface area contributed by atoms with Gasteiger partial charge in [0.2, 0.25) is 5.95 Å². The van der Waals surface area contributed by atoms with Crippen molar-refractivity contribution in [2.24, 2.45) is 7.05 Å². The molecule has 0 aliphatic carbocycles. The van der Waals surface area contributed by atoms with Crippen LogP contribution in [0.4, 0.5) is 5.95 Å². The number of rotatable bonds is 1. The first-order chi connectivity index (χ1) is 5.88. The SMILES string of the molecule is Cn1ccnc1N1CCCCC1. The second kappa shape index (κ2) is 3.17. The minimum absolute atomic E-state index is 1.12. The topological polar surface area (TPSA) is 21.1 Å². The van der Waals surface area contributed by atoms with Crippen molar-refractivity contribution in [1.29, 1.82) is 0 Å². The van der Waals surface area contributed by atoms with Crippen LogP contribution in [0.15, 0.2) is 12.4 Å². The highest BCUT2D eigenvalue weighted by Crippen LogP contribution is 2.16. The predicted octanol–water partition coefficient (Wildman–Crippen LogP) is 1.41. The highest BCUT2D eigenvalue weighted by Gasteiger charge is 2.13. The van der Waals surface area contributed by atoms with E-state index in [9.17, 15) is 0 Å². The molecule has 0 spiro atoms. The quantitative estimate of drug-likeness (QED) is 0.627. The summed E-state index contributed by atoms with van der Waals surface area (Å²) >= 11 is 0. The first kappa shape index (κ1) is 7.65. The van der Waals surface area contributed by atoms with Gasteiger partial charge in [0.05, 0.1) is 0 Å². The van der Waals surface area contributed by atoms with E-state index in [4.69, 9.17) is 0 Å². The molecule has 1 fully saturated rings. The molecule has 1 saturated heterocycles. The van der Waals surface area contributed by atoms with Crippen LogP contribution < -0.4 is 4.90 Å². The van der Waals surface area contributed by atoms with Gasteiger partial charge < -0.3 is 9.47 Å². The average molecular weight is 165 g/mol. The summed E-state index contributed by atoms with van der Waals surface area (Å²) in [6, 6.07) is 0. The molecule has 0 saturated carbocycles. The normalized spacial score (nSPS) is 18.2. The van der Waals surface area contributed by atoms with Gasteiger partial charge in [-0.05, 0) is 19.3 Å². The van der Waals surface area contributed by atoms with E-state index in [0.29, 0.717) is 0 Å². The zero-order valence-corrected chi connectivity index (χ0v) is 7.53. The molecule has 0 N–H and O–H groups in total. The summed E-state index contributed by atoms with van der Waals surface area (Å²) in [6.45, 7) is 2.34. The molecule has 0 bridgehead atoms. The fourth-order valence-electron chi connectivity index (χ4n) is 1.76. The van der Waals surface area contributed by atoms with Crippen LogP contribution in [0.2, 0.25) is 0 Å². The Morgan fingerprint density at radius 2 is 2.00 bits per heavy atom. The summed E-state index contributed by atoms with van der Waals surface area (Å²) < 4.78 is 2.09. The molecule has 0 amide bonds. The van der Waals surface area contributed by atoms with Crippen molar-refractivity contribution in [2.45, 2.75) is 19.3 Å². The summed E-state index contributed by atoms with van der Waals surface area (Å²) in [5.74, 6) is 1.12. The molecule has 1 aliphatic rings. The Hall–Kier alpha value is -0.990. The Labute approximate surface area is 73.0 Å². The van der Waals surface area contributed by atoms with Gasteiger partial charge in [-0.25, -0.2) is 4.98 Å². The van der Waals surface area contributed by atoms with Crippen LogP contribution >= 0.6 is 0 Å². The molecule has 1 aromatic rings. The Balaban J connectivity index is 2.13. The molecule has 2 rings (SSSR count). The third kappa shape index (κ3) is 1.31. The summed E-state index contributed by atoms with van der Waals surface area (Å²) in [6.07, 6.45) is 7.87. The van der Waals surface area contributed by atoms with Gasteiger partial charge in [0.25, 0.3) is 0 Å². The number of anilines is 1. The fraction of sp³-hybridized carbons (Fsp3) is 0.667. The Morgan fingerprint density at radius 3 is 2.58 bits per heavy atom. The summed E-state index contributed by atoms with van der Waals surface area (Å²) in [7, 11) is 2.05. The maximum atomic E-state index is 4.33. The second-order valence-electron chi connectivity index (χ2n) is 3.39. The monoisotopic (exact) mass is 165 g/mol. The number of aryl methyl sites for hydroxylation is 1. The van der Waals surface area contributed by atoms with Crippen LogP contribution in [0.25, 0.3) is 0 Å². The highest BCUT2D eigenvalue weighted by molar-refractivity contribution is 5.31. The van der Waals surface area contributed by atoms with Crippen molar-refractivity contribution in [3.05, 3.63) is 12.4 Å². The van der Waals surface area contributed by atoms with Crippen molar-refractivity contribution in [1.82, 2.24) is 9.55 Å². The lowest BCUT2D eigenvalue weighted by molar-refractivity contribution is 0.562. The van der Waals surface area contributed by atoms with Crippen LogP contribution in [-0.4, -0.2) is 22.6 Å². The van der Waals surface area contributed by atoms with Gasteiger partial charge in [0.15, 0.2) is 0 Å². The van der Waals surface area contributed by atoms with Gasteiger partial charge in [0.1, 0.15) is 0 Å². The molecule has 12 heavy (non-hydrogen) atoms. The summed E-state index contributed by atoms with van der Waals surface area (Å²) in [4.78, 5) is 6.69. The maximum Gasteiger partial charge on any atom is 0.205 e. The number of hydrogen-bond acceptors (Lipinski definition) is 2. The molecule has 2 heterocycles. The van der Waals surface area contributed by atoms with E-state index < -0.39 is 0 Å².